The number of aromatic nitrogens is 1. The molecule has 2 aromatic carbocycles. The number of hydrogen-bond donors (Lipinski definition) is 2. The van der Waals surface area contributed by atoms with Crippen LogP contribution in [-0.2, 0) is 10.0 Å². The Morgan fingerprint density at radius 3 is 2.52 bits per heavy atom. The molecule has 0 fully saturated rings. The van der Waals surface area contributed by atoms with Crippen LogP contribution in [0.5, 0.6) is 0 Å². The third-order valence-corrected chi connectivity index (χ3v) is 5.06. The zero-order chi connectivity index (χ0) is 16.3. The Hall–Kier alpha value is -2.28. The van der Waals surface area contributed by atoms with E-state index in [1.54, 1.807) is 24.4 Å². The third-order valence-electron chi connectivity index (χ3n) is 3.61. The van der Waals surface area contributed by atoms with Crippen LogP contribution >= 0.6 is 0 Å². The Morgan fingerprint density at radius 2 is 1.74 bits per heavy atom. The van der Waals surface area contributed by atoms with E-state index >= 15 is 0 Å². The van der Waals surface area contributed by atoms with Gasteiger partial charge in [-0.1, -0.05) is 48.5 Å². The Kier molecular flexibility index (Phi) is 4.38. The van der Waals surface area contributed by atoms with E-state index in [0.717, 1.165) is 10.9 Å². The average Bonchev–Trinajstić information content (AvgIpc) is 2.60. The normalized spacial score (nSPS) is 13.1. The smallest absolute Gasteiger partial charge is 0.242 e. The van der Waals surface area contributed by atoms with Crippen molar-refractivity contribution in [2.45, 2.75) is 10.9 Å². The molecule has 0 aliphatic carbocycles. The molecule has 0 radical (unpaired) electrons. The first-order valence-corrected chi connectivity index (χ1v) is 8.70. The Bertz CT molecular complexity index is 906. The van der Waals surface area contributed by atoms with Gasteiger partial charge < -0.3 is 5.73 Å². The minimum absolute atomic E-state index is 0.121. The largest absolute Gasteiger partial charge is 0.323 e. The lowest BCUT2D eigenvalue weighted by Gasteiger charge is -2.14. The molecule has 0 spiro atoms. The second-order valence-electron chi connectivity index (χ2n) is 5.20. The van der Waals surface area contributed by atoms with Gasteiger partial charge in [-0.2, -0.15) is 0 Å². The van der Waals surface area contributed by atoms with Crippen molar-refractivity contribution >= 4 is 20.9 Å². The SMILES string of the molecule is NC(CNS(=O)(=O)c1cccc2cccnc12)c1ccccc1. The zero-order valence-electron chi connectivity index (χ0n) is 12.4. The molecule has 1 aromatic heterocycles. The van der Waals surface area contributed by atoms with E-state index < -0.39 is 16.1 Å². The van der Waals surface area contributed by atoms with Crippen molar-refractivity contribution in [3.05, 3.63) is 72.4 Å². The number of hydrogen-bond acceptors (Lipinski definition) is 4. The van der Waals surface area contributed by atoms with E-state index in [-0.39, 0.29) is 11.4 Å². The molecule has 0 bridgehead atoms. The summed E-state index contributed by atoms with van der Waals surface area (Å²) in [7, 11) is -3.68. The molecule has 3 aromatic rings. The number of pyridine rings is 1. The molecular weight excluding hydrogens is 310 g/mol. The maximum absolute atomic E-state index is 12.6. The molecule has 1 unspecified atom stereocenters. The van der Waals surface area contributed by atoms with E-state index in [0.29, 0.717) is 5.52 Å². The predicted molar refractivity (Wildman–Crippen MR) is 90.3 cm³/mol. The highest BCUT2D eigenvalue weighted by Crippen LogP contribution is 2.20. The van der Waals surface area contributed by atoms with Crippen molar-refractivity contribution < 1.29 is 8.42 Å². The summed E-state index contributed by atoms with van der Waals surface area (Å²) >= 11 is 0. The lowest BCUT2D eigenvalue weighted by Crippen LogP contribution is -2.32. The fraction of sp³-hybridized carbons (Fsp3) is 0.118. The third kappa shape index (κ3) is 3.39. The van der Waals surface area contributed by atoms with Crippen molar-refractivity contribution in [1.29, 1.82) is 0 Å². The van der Waals surface area contributed by atoms with Gasteiger partial charge in [0.15, 0.2) is 0 Å². The highest BCUT2D eigenvalue weighted by Gasteiger charge is 2.19. The molecule has 1 heterocycles. The van der Waals surface area contributed by atoms with Crippen LogP contribution < -0.4 is 10.5 Å². The number of nitrogens with two attached hydrogens (primary N) is 1. The lowest BCUT2D eigenvalue weighted by molar-refractivity contribution is 0.573. The van der Waals surface area contributed by atoms with Crippen LogP contribution in [0.2, 0.25) is 0 Å². The van der Waals surface area contributed by atoms with Crippen molar-refractivity contribution in [3.63, 3.8) is 0 Å². The Morgan fingerprint density at radius 1 is 1.00 bits per heavy atom. The first-order chi connectivity index (χ1) is 11.1. The Balaban J connectivity index is 1.84. The minimum atomic E-state index is -3.68. The molecule has 5 nitrogen and oxygen atoms in total. The number of rotatable bonds is 5. The van der Waals surface area contributed by atoms with Crippen LogP contribution in [0.15, 0.2) is 71.8 Å². The summed E-state index contributed by atoms with van der Waals surface area (Å²) in [6.07, 6.45) is 1.58. The van der Waals surface area contributed by atoms with Crippen molar-refractivity contribution in [2.75, 3.05) is 6.54 Å². The second kappa shape index (κ2) is 6.45. The van der Waals surface area contributed by atoms with Gasteiger partial charge in [0, 0.05) is 24.2 Å². The first kappa shape index (κ1) is 15.6. The fourth-order valence-corrected chi connectivity index (χ4v) is 3.63. The van der Waals surface area contributed by atoms with Gasteiger partial charge in [0.1, 0.15) is 4.90 Å². The molecule has 118 valence electrons. The summed E-state index contributed by atoms with van der Waals surface area (Å²) in [6.45, 7) is 0.121. The zero-order valence-corrected chi connectivity index (χ0v) is 13.2. The topological polar surface area (TPSA) is 85.1 Å². The van der Waals surface area contributed by atoms with Gasteiger partial charge in [0.25, 0.3) is 0 Å². The minimum Gasteiger partial charge on any atom is -0.323 e. The Labute approximate surface area is 135 Å². The maximum Gasteiger partial charge on any atom is 0.242 e. The molecule has 1 atom stereocenters. The number of nitrogens with zero attached hydrogens (tertiary/aromatic N) is 1. The van der Waals surface area contributed by atoms with Gasteiger partial charge in [-0.3, -0.25) is 4.98 Å². The van der Waals surface area contributed by atoms with E-state index in [4.69, 9.17) is 5.73 Å². The van der Waals surface area contributed by atoms with Crippen molar-refractivity contribution in [2.24, 2.45) is 5.73 Å². The number of sulfonamides is 1. The lowest BCUT2D eigenvalue weighted by atomic mass is 10.1. The summed E-state index contributed by atoms with van der Waals surface area (Å²) in [5.74, 6) is 0. The van der Waals surface area contributed by atoms with Crippen LogP contribution in [0.25, 0.3) is 10.9 Å². The summed E-state index contributed by atoms with van der Waals surface area (Å²) < 4.78 is 27.7. The maximum atomic E-state index is 12.6. The second-order valence-corrected chi connectivity index (χ2v) is 6.94. The quantitative estimate of drug-likeness (QED) is 0.752. The van der Waals surface area contributed by atoms with Gasteiger partial charge >= 0.3 is 0 Å². The number of nitrogens with one attached hydrogen (secondary N) is 1. The molecule has 0 aliphatic rings. The van der Waals surface area contributed by atoms with Gasteiger partial charge in [-0.25, -0.2) is 13.1 Å². The summed E-state index contributed by atoms with van der Waals surface area (Å²) in [5.41, 5.74) is 7.39. The van der Waals surface area contributed by atoms with Gasteiger partial charge in [-0.05, 0) is 17.7 Å². The molecule has 3 rings (SSSR count). The van der Waals surface area contributed by atoms with Crippen LogP contribution in [0.1, 0.15) is 11.6 Å². The highest BCUT2D eigenvalue weighted by atomic mass is 32.2. The van der Waals surface area contributed by atoms with Crippen LogP contribution in [0.3, 0.4) is 0 Å². The van der Waals surface area contributed by atoms with E-state index in [1.807, 2.05) is 42.5 Å². The van der Waals surface area contributed by atoms with Gasteiger partial charge in [0.05, 0.1) is 5.52 Å². The molecule has 0 saturated heterocycles. The molecule has 0 aliphatic heterocycles. The van der Waals surface area contributed by atoms with Gasteiger partial charge in [0.2, 0.25) is 10.0 Å². The monoisotopic (exact) mass is 327 g/mol. The van der Waals surface area contributed by atoms with E-state index in [9.17, 15) is 8.42 Å². The van der Waals surface area contributed by atoms with Crippen LogP contribution in [0.4, 0.5) is 0 Å². The van der Waals surface area contributed by atoms with Crippen molar-refractivity contribution in [1.82, 2.24) is 9.71 Å². The fourth-order valence-electron chi connectivity index (χ4n) is 2.39. The molecule has 0 amide bonds. The highest BCUT2D eigenvalue weighted by molar-refractivity contribution is 7.89. The average molecular weight is 327 g/mol. The number of para-hydroxylation sites is 1. The van der Waals surface area contributed by atoms with E-state index in [2.05, 4.69) is 9.71 Å². The number of fused-ring (bicyclic) bond motifs is 1. The molecule has 6 heteroatoms. The summed E-state index contributed by atoms with van der Waals surface area (Å²) in [5, 5.41) is 0.780. The molecule has 0 saturated carbocycles. The van der Waals surface area contributed by atoms with E-state index in [1.165, 1.54) is 0 Å². The van der Waals surface area contributed by atoms with Crippen LogP contribution in [0, 0.1) is 0 Å². The number of benzene rings is 2. The molecular formula is C17H17N3O2S. The first-order valence-electron chi connectivity index (χ1n) is 7.22. The molecule has 23 heavy (non-hydrogen) atoms. The predicted octanol–water partition coefficient (Wildman–Crippen LogP) is 2.21. The standard InChI is InChI=1S/C17H17N3O2S/c18-15(13-6-2-1-3-7-13)12-20-23(21,22)16-10-4-8-14-9-5-11-19-17(14)16/h1-11,15,20H,12,18H2. The molecule has 3 N–H and O–H groups in total. The summed E-state index contributed by atoms with van der Waals surface area (Å²) in [4.78, 5) is 4.35. The van der Waals surface area contributed by atoms with Crippen LogP contribution in [-0.4, -0.2) is 19.9 Å². The van der Waals surface area contributed by atoms with Gasteiger partial charge in [-0.15, -0.1) is 0 Å². The van der Waals surface area contributed by atoms with Crippen molar-refractivity contribution in [3.8, 4) is 0 Å². The summed E-state index contributed by atoms with van der Waals surface area (Å²) in [6, 6.07) is 17.7.